The van der Waals surface area contributed by atoms with Crippen LogP contribution in [0.5, 0.6) is 0 Å². The highest BCUT2D eigenvalue weighted by Gasteiger charge is 2.17. The lowest BCUT2D eigenvalue weighted by molar-refractivity contribution is 0.312. The van der Waals surface area contributed by atoms with Gasteiger partial charge in [-0.15, -0.1) is 5.10 Å². The van der Waals surface area contributed by atoms with Gasteiger partial charge in [0.05, 0.1) is 17.3 Å². The fourth-order valence-electron chi connectivity index (χ4n) is 3.68. The summed E-state index contributed by atoms with van der Waals surface area (Å²) in [6.45, 7) is 8.52. The van der Waals surface area contributed by atoms with Gasteiger partial charge < -0.3 is 15.1 Å². The van der Waals surface area contributed by atoms with Crippen molar-refractivity contribution in [2.24, 2.45) is 0 Å². The monoisotopic (exact) mass is 387 g/mol. The van der Waals surface area contributed by atoms with Crippen LogP contribution in [0.1, 0.15) is 22.4 Å². The number of fused-ring (bicyclic) bond motifs is 1. The Morgan fingerprint density at radius 1 is 1.10 bits per heavy atom. The lowest BCUT2D eigenvalue weighted by atomic mass is 10.0. The van der Waals surface area contributed by atoms with E-state index in [1.165, 1.54) is 0 Å². The maximum absolute atomic E-state index is 9.26. The standard InChI is InChI=1S/C22H25N7/c1-15-17(12-23)5-4-6-18(15)13-25-22-19-11-21(29-9-7-28(3)8-10-29)24-14-20(19)16(2)26-27-22/h4-6,11,14H,7-10,13H2,1-3H3,(H,25,27). The molecule has 7 nitrogen and oxygen atoms in total. The van der Waals surface area contributed by atoms with Crippen LogP contribution in [0.2, 0.25) is 0 Å². The van der Waals surface area contributed by atoms with Crippen LogP contribution in [0.4, 0.5) is 11.6 Å². The van der Waals surface area contributed by atoms with Gasteiger partial charge >= 0.3 is 0 Å². The molecule has 0 atom stereocenters. The summed E-state index contributed by atoms with van der Waals surface area (Å²) in [4.78, 5) is 9.34. The number of aryl methyl sites for hydroxylation is 1. The predicted octanol–water partition coefficient (Wildman–Crippen LogP) is 2.88. The number of aromatic nitrogens is 3. The molecule has 0 amide bonds. The molecule has 2 aromatic heterocycles. The molecule has 1 fully saturated rings. The van der Waals surface area contributed by atoms with Gasteiger partial charge in [0.1, 0.15) is 5.82 Å². The third kappa shape index (κ3) is 3.84. The van der Waals surface area contributed by atoms with Gasteiger partial charge in [0.15, 0.2) is 5.82 Å². The number of benzene rings is 1. The maximum atomic E-state index is 9.26. The Kier molecular flexibility index (Phi) is 5.28. The highest BCUT2D eigenvalue weighted by atomic mass is 15.3. The summed E-state index contributed by atoms with van der Waals surface area (Å²) in [6, 6.07) is 10.1. The third-order valence-electron chi connectivity index (χ3n) is 5.67. The van der Waals surface area contributed by atoms with Crippen LogP contribution >= 0.6 is 0 Å². The number of anilines is 2. The fraction of sp³-hybridized carbons (Fsp3) is 0.364. The average molecular weight is 387 g/mol. The molecule has 1 aromatic carbocycles. The maximum Gasteiger partial charge on any atom is 0.157 e. The van der Waals surface area contributed by atoms with Crippen LogP contribution in [0.3, 0.4) is 0 Å². The lowest BCUT2D eigenvalue weighted by Crippen LogP contribution is -2.44. The van der Waals surface area contributed by atoms with Gasteiger partial charge in [0, 0.05) is 49.7 Å². The number of nitrogens with one attached hydrogen (secondary N) is 1. The molecule has 7 heteroatoms. The molecule has 0 bridgehead atoms. The molecule has 1 N–H and O–H groups in total. The van der Waals surface area contributed by atoms with E-state index in [0.717, 1.165) is 65.4 Å². The molecule has 0 unspecified atom stereocenters. The molecule has 4 rings (SSSR count). The van der Waals surface area contributed by atoms with E-state index in [9.17, 15) is 5.26 Å². The van der Waals surface area contributed by atoms with Crippen molar-refractivity contribution in [3.63, 3.8) is 0 Å². The van der Waals surface area contributed by atoms with Crippen molar-refractivity contribution in [2.45, 2.75) is 20.4 Å². The Morgan fingerprint density at radius 2 is 1.90 bits per heavy atom. The van der Waals surface area contributed by atoms with Gasteiger partial charge in [-0.05, 0) is 44.2 Å². The Labute approximate surface area is 171 Å². The molecule has 3 heterocycles. The number of piperazine rings is 1. The zero-order chi connectivity index (χ0) is 20.4. The fourth-order valence-corrected chi connectivity index (χ4v) is 3.68. The largest absolute Gasteiger partial charge is 0.364 e. The van der Waals surface area contributed by atoms with Crippen LogP contribution < -0.4 is 10.2 Å². The summed E-state index contributed by atoms with van der Waals surface area (Å²) in [5.74, 6) is 1.72. The number of pyridine rings is 1. The molecule has 1 saturated heterocycles. The molecular weight excluding hydrogens is 362 g/mol. The van der Waals surface area contributed by atoms with Crippen LogP contribution in [-0.2, 0) is 6.54 Å². The number of hydrogen-bond acceptors (Lipinski definition) is 7. The number of nitriles is 1. The molecule has 29 heavy (non-hydrogen) atoms. The molecule has 1 aliphatic heterocycles. The minimum Gasteiger partial charge on any atom is -0.364 e. The van der Waals surface area contributed by atoms with Crippen molar-refractivity contribution in [2.75, 3.05) is 43.4 Å². The molecule has 0 radical (unpaired) electrons. The first-order chi connectivity index (χ1) is 14.1. The van der Waals surface area contributed by atoms with Crippen LogP contribution in [0, 0.1) is 25.2 Å². The summed E-state index contributed by atoms with van der Waals surface area (Å²) in [5.41, 5.74) is 3.64. The summed E-state index contributed by atoms with van der Waals surface area (Å²) in [7, 11) is 2.15. The van der Waals surface area contributed by atoms with E-state index >= 15 is 0 Å². The Balaban J connectivity index is 1.64. The molecule has 3 aromatic rings. The van der Waals surface area contributed by atoms with Crippen molar-refractivity contribution >= 4 is 22.4 Å². The van der Waals surface area contributed by atoms with Gasteiger partial charge in [-0.2, -0.15) is 10.4 Å². The quantitative estimate of drug-likeness (QED) is 0.737. The summed E-state index contributed by atoms with van der Waals surface area (Å²) in [6.07, 6.45) is 1.90. The number of likely N-dealkylation sites (N-methyl/N-ethyl adjacent to an activating group) is 1. The number of rotatable bonds is 4. The van der Waals surface area contributed by atoms with Crippen molar-refractivity contribution in [1.82, 2.24) is 20.1 Å². The van der Waals surface area contributed by atoms with Crippen LogP contribution in [0.25, 0.3) is 10.8 Å². The van der Waals surface area contributed by atoms with Gasteiger partial charge in [0.2, 0.25) is 0 Å². The second-order valence-electron chi connectivity index (χ2n) is 7.57. The second kappa shape index (κ2) is 8.02. The first-order valence-corrected chi connectivity index (χ1v) is 9.86. The normalized spacial score (nSPS) is 14.8. The van der Waals surface area contributed by atoms with Gasteiger partial charge in [0.25, 0.3) is 0 Å². The van der Waals surface area contributed by atoms with E-state index in [4.69, 9.17) is 0 Å². The van der Waals surface area contributed by atoms with Crippen LogP contribution in [-0.4, -0.2) is 53.3 Å². The van der Waals surface area contributed by atoms with Crippen molar-refractivity contribution in [3.8, 4) is 6.07 Å². The minimum absolute atomic E-state index is 0.584. The lowest BCUT2D eigenvalue weighted by Gasteiger charge is -2.33. The highest BCUT2D eigenvalue weighted by molar-refractivity contribution is 5.94. The molecule has 1 aliphatic rings. The van der Waals surface area contributed by atoms with Crippen molar-refractivity contribution < 1.29 is 0 Å². The van der Waals surface area contributed by atoms with E-state index in [0.29, 0.717) is 12.1 Å². The molecule has 0 aliphatic carbocycles. The molecular formula is C22H25N7. The number of nitrogens with zero attached hydrogens (tertiary/aromatic N) is 6. The van der Waals surface area contributed by atoms with Crippen LogP contribution in [0.15, 0.2) is 30.5 Å². The second-order valence-corrected chi connectivity index (χ2v) is 7.57. The van der Waals surface area contributed by atoms with E-state index < -0.39 is 0 Å². The Morgan fingerprint density at radius 3 is 2.66 bits per heavy atom. The summed E-state index contributed by atoms with van der Waals surface area (Å²) < 4.78 is 0. The predicted molar refractivity (Wildman–Crippen MR) is 115 cm³/mol. The van der Waals surface area contributed by atoms with Gasteiger partial charge in [-0.1, -0.05) is 12.1 Å². The summed E-state index contributed by atoms with van der Waals surface area (Å²) in [5, 5.41) is 23.4. The SMILES string of the molecule is Cc1c(C#N)cccc1CNc1nnc(C)c2cnc(N3CCN(C)CC3)cc12. The molecule has 148 valence electrons. The van der Waals surface area contributed by atoms with E-state index in [1.807, 2.05) is 38.2 Å². The highest BCUT2D eigenvalue weighted by Crippen LogP contribution is 2.27. The van der Waals surface area contributed by atoms with Gasteiger partial charge in [-0.25, -0.2) is 4.98 Å². The van der Waals surface area contributed by atoms with Crippen molar-refractivity contribution in [1.29, 1.82) is 5.26 Å². The number of hydrogen-bond donors (Lipinski definition) is 1. The zero-order valence-corrected chi connectivity index (χ0v) is 17.1. The molecule has 0 saturated carbocycles. The van der Waals surface area contributed by atoms with E-state index in [2.05, 4.69) is 49.5 Å². The third-order valence-corrected chi connectivity index (χ3v) is 5.67. The first-order valence-electron chi connectivity index (χ1n) is 9.86. The van der Waals surface area contributed by atoms with Crippen molar-refractivity contribution in [3.05, 3.63) is 52.8 Å². The topological polar surface area (TPSA) is 81.0 Å². The average Bonchev–Trinajstić information content (AvgIpc) is 2.74. The zero-order valence-electron chi connectivity index (χ0n) is 17.1. The van der Waals surface area contributed by atoms with E-state index in [1.54, 1.807) is 0 Å². The molecule has 0 spiro atoms. The summed E-state index contributed by atoms with van der Waals surface area (Å²) >= 11 is 0. The first kappa shape index (κ1) is 19.1. The minimum atomic E-state index is 0.584. The Hall–Kier alpha value is -3.24. The smallest absolute Gasteiger partial charge is 0.157 e. The van der Waals surface area contributed by atoms with Gasteiger partial charge in [-0.3, -0.25) is 0 Å². The Bertz CT molecular complexity index is 1080. The van der Waals surface area contributed by atoms with E-state index in [-0.39, 0.29) is 0 Å².